The van der Waals surface area contributed by atoms with Crippen LogP contribution >= 0.6 is 11.6 Å². The summed E-state index contributed by atoms with van der Waals surface area (Å²) in [5, 5.41) is 10.7. The number of benzene rings is 2. The molecule has 0 aliphatic heterocycles. The van der Waals surface area contributed by atoms with E-state index in [2.05, 4.69) is 0 Å². The number of hydrogen-bond acceptors (Lipinski definition) is 3. The van der Waals surface area contributed by atoms with Crippen molar-refractivity contribution in [3.05, 3.63) is 64.7 Å². The fourth-order valence-electron chi connectivity index (χ4n) is 2.31. The molecular formula is C18H22ClNO3S. The maximum atomic E-state index is 13.0. The Bertz CT molecular complexity index is 779. The second-order valence-corrected chi connectivity index (χ2v) is 8.90. The molecule has 0 atom stereocenters. The first-order valence-electron chi connectivity index (χ1n) is 7.61. The highest BCUT2D eigenvalue weighted by atomic mass is 35.5. The van der Waals surface area contributed by atoms with Crippen LogP contribution in [0.5, 0.6) is 0 Å². The summed E-state index contributed by atoms with van der Waals surface area (Å²) in [5.41, 5.74) is 0.643. The topological polar surface area (TPSA) is 57.6 Å². The highest BCUT2D eigenvalue weighted by Crippen LogP contribution is 2.22. The van der Waals surface area contributed by atoms with Crippen molar-refractivity contribution >= 4 is 21.6 Å². The average molecular weight is 368 g/mol. The minimum atomic E-state index is -3.72. The monoisotopic (exact) mass is 367 g/mol. The molecule has 0 spiro atoms. The second kappa shape index (κ2) is 7.23. The van der Waals surface area contributed by atoms with Crippen molar-refractivity contribution in [3.63, 3.8) is 0 Å². The van der Waals surface area contributed by atoms with Crippen molar-refractivity contribution in [2.45, 2.75) is 37.8 Å². The quantitative estimate of drug-likeness (QED) is 0.848. The molecule has 130 valence electrons. The van der Waals surface area contributed by atoms with Gasteiger partial charge in [0.25, 0.3) is 0 Å². The largest absolute Gasteiger partial charge is 0.389 e. The third-order valence-electron chi connectivity index (χ3n) is 3.49. The maximum absolute atomic E-state index is 13.0. The van der Waals surface area contributed by atoms with E-state index in [1.54, 1.807) is 62.4 Å². The number of hydrogen-bond donors (Lipinski definition) is 1. The summed E-state index contributed by atoms with van der Waals surface area (Å²) in [5.74, 6) is 0. The Hall–Kier alpha value is -1.40. The Morgan fingerprint density at radius 1 is 1.04 bits per heavy atom. The Kier molecular flexibility index (Phi) is 5.71. The van der Waals surface area contributed by atoms with Crippen LogP contribution in [0.3, 0.4) is 0 Å². The van der Waals surface area contributed by atoms with E-state index in [4.69, 9.17) is 11.6 Å². The van der Waals surface area contributed by atoms with E-state index in [1.165, 1.54) is 4.31 Å². The first-order valence-corrected chi connectivity index (χ1v) is 9.43. The molecule has 0 unspecified atom stereocenters. The van der Waals surface area contributed by atoms with E-state index in [1.807, 2.05) is 6.92 Å². The molecule has 4 nitrogen and oxygen atoms in total. The van der Waals surface area contributed by atoms with Gasteiger partial charge in [0.2, 0.25) is 10.0 Å². The summed E-state index contributed by atoms with van der Waals surface area (Å²) in [6.45, 7) is 5.24. The van der Waals surface area contributed by atoms with E-state index in [9.17, 15) is 13.5 Å². The van der Waals surface area contributed by atoms with Crippen molar-refractivity contribution < 1.29 is 13.5 Å². The first kappa shape index (κ1) is 18.9. The molecular weight excluding hydrogens is 346 g/mol. The molecule has 0 fully saturated rings. The van der Waals surface area contributed by atoms with Gasteiger partial charge in [0.05, 0.1) is 10.5 Å². The zero-order valence-corrected chi connectivity index (χ0v) is 15.6. The van der Waals surface area contributed by atoms with Crippen molar-refractivity contribution in [2.24, 2.45) is 0 Å². The molecule has 0 aliphatic rings. The average Bonchev–Trinajstić information content (AvgIpc) is 2.48. The fourth-order valence-corrected chi connectivity index (χ4v) is 4.02. The fraction of sp³-hybridized carbons (Fsp3) is 0.333. The second-order valence-electron chi connectivity index (χ2n) is 6.53. The van der Waals surface area contributed by atoms with Crippen molar-refractivity contribution in [1.29, 1.82) is 0 Å². The first-order chi connectivity index (χ1) is 11.1. The molecule has 2 aromatic rings. The Balaban J connectivity index is 2.37. The molecule has 0 heterocycles. The molecule has 0 saturated heterocycles. The molecule has 0 aromatic heterocycles. The Morgan fingerprint density at radius 3 is 2.08 bits per heavy atom. The molecule has 0 radical (unpaired) electrons. The van der Waals surface area contributed by atoms with Gasteiger partial charge >= 0.3 is 0 Å². The smallest absolute Gasteiger partial charge is 0.243 e. The standard InChI is InChI=1S/C18H22ClNO3S/c1-14-4-10-17(11-5-14)24(22,23)20(13-18(2,3)21)12-15-6-8-16(19)9-7-15/h4-11,21H,12-13H2,1-3H3. The number of nitrogens with zero attached hydrogens (tertiary/aromatic N) is 1. The molecule has 0 saturated carbocycles. The van der Waals surface area contributed by atoms with E-state index in [0.717, 1.165) is 11.1 Å². The van der Waals surface area contributed by atoms with Gasteiger partial charge in [0.15, 0.2) is 0 Å². The van der Waals surface area contributed by atoms with Gasteiger partial charge in [-0.15, -0.1) is 0 Å². The van der Waals surface area contributed by atoms with Gasteiger partial charge in [0, 0.05) is 18.1 Å². The lowest BCUT2D eigenvalue weighted by Gasteiger charge is -2.28. The summed E-state index contributed by atoms with van der Waals surface area (Å²) in [6, 6.07) is 13.7. The van der Waals surface area contributed by atoms with Gasteiger partial charge in [-0.2, -0.15) is 4.31 Å². The number of aryl methyl sites for hydroxylation is 1. The van der Waals surface area contributed by atoms with Crippen LogP contribution in [-0.4, -0.2) is 30.0 Å². The minimum absolute atomic E-state index is 0.00810. The summed E-state index contributed by atoms with van der Waals surface area (Å²) < 4.78 is 27.3. The zero-order valence-electron chi connectivity index (χ0n) is 14.0. The number of rotatable bonds is 6. The normalized spacial score (nSPS) is 12.6. The lowest BCUT2D eigenvalue weighted by molar-refractivity contribution is 0.0577. The van der Waals surface area contributed by atoms with Crippen LogP contribution in [0.4, 0.5) is 0 Å². The van der Waals surface area contributed by atoms with Gasteiger partial charge in [-0.25, -0.2) is 8.42 Å². The molecule has 2 rings (SSSR count). The highest BCUT2D eigenvalue weighted by Gasteiger charge is 2.29. The van der Waals surface area contributed by atoms with Crippen LogP contribution in [0, 0.1) is 6.92 Å². The molecule has 1 N–H and O–H groups in total. The van der Waals surface area contributed by atoms with Crippen LogP contribution in [0.1, 0.15) is 25.0 Å². The molecule has 0 amide bonds. The maximum Gasteiger partial charge on any atom is 0.243 e. The number of halogens is 1. The van der Waals surface area contributed by atoms with Gasteiger partial charge in [-0.1, -0.05) is 41.4 Å². The number of aliphatic hydroxyl groups is 1. The van der Waals surface area contributed by atoms with Crippen LogP contribution in [0.2, 0.25) is 5.02 Å². The van der Waals surface area contributed by atoms with Crippen LogP contribution in [-0.2, 0) is 16.6 Å². The van der Waals surface area contributed by atoms with E-state index in [-0.39, 0.29) is 18.0 Å². The van der Waals surface area contributed by atoms with Gasteiger partial charge in [-0.3, -0.25) is 0 Å². The third kappa shape index (κ3) is 5.05. The SMILES string of the molecule is Cc1ccc(S(=O)(=O)N(Cc2ccc(Cl)cc2)CC(C)(C)O)cc1. The molecule has 0 aliphatic carbocycles. The Labute approximate surface area is 148 Å². The van der Waals surface area contributed by atoms with Crippen molar-refractivity contribution in [3.8, 4) is 0 Å². The van der Waals surface area contributed by atoms with Crippen molar-refractivity contribution in [1.82, 2.24) is 4.31 Å². The predicted molar refractivity (Wildman–Crippen MR) is 96.5 cm³/mol. The third-order valence-corrected chi connectivity index (χ3v) is 5.55. The van der Waals surface area contributed by atoms with Crippen LogP contribution in [0.25, 0.3) is 0 Å². The van der Waals surface area contributed by atoms with E-state index < -0.39 is 15.6 Å². The summed E-state index contributed by atoms with van der Waals surface area (Å²) in [6.07, 6.45) is 0. The summed E-state index contributed by atoms with van der Waals surface area (Å²) in [4.78, 5) is 0.214. The summed E-state index contributed by atoms with van der Waals surface area (Å²) >= 11 is 5.88. The van der Waals surface area contributed by atoms with Crippen LogP contribution in [0.15, 0.2) is 53.4 Å². The van der Waals surface area contributed by atoms with Crippen molar-refractivity contribution in [2.75, 3.05) is 6.54 Å². The molecule has 6 heteroatoms. The lowest BCUT2D eigenvalue weighted by Crippen LogP contribution is -2.41. The Morgan fingerprint density at radius 2 is 1.58 bits per heavy atom. The molecule has 0 bridgehead atoms. The van der Waals surface area contributed by atoms with Gasteiger partial charge < -0.3 is 5.11 Å². The zero-order chi connectivity index (χ0) is 18.0. The van der Waals surface area contributed by atoms with Gasteiger partial charge in [-0.05, 0) is 50.6 Å². The molecule has 24 heavy (non-hydrogen) atoms. The van der Waals surface area contributed by atoms with Gasteiger partial charge in [0.1, 0.15) is 0 Å². The van der Waals surface area contributed by atoms with E-state index >= 15 is 0 Å². The molecule has 2 aromatic carbocycles. The minimum Gasteiger partial charge on any atom is -0.389 e. The summed E-state index contributed by atoms with van der Waals surface area (Å²) in [7, 11) is -3.72. The predicted octanol–water partition coefficient (Wildman–Crippen LogP) is 3.61. The highest BCUT2D eigenvalue weighted by molar-refractivity contribution is 7.89. The lowest BCUT2D eigenvalue weighted by atomic mass is 10.1. The van der Waals surface area contributed by atoms with Crippen LogP contribution < -0.4 is 0 Å². The van der Waals surface area contributed by atoms with E-state index in [0.29, 0.717) is 5.02 Å². The number of sulfonamides is 1.